The lowest BCUT2D eigenvalue weighted by molar-refractivity contribution is 0.185. The van der Waals surface area contributed by atoms with Gasteiger partial charge in [0.05, 0.1) is 34.0 Å². The lowest BCUT2D eigenvalue weighted by Gasteiger charge is -2.39. The zero-order chi connectivity index (χ0) is 25.5. The van der Waals surface area contributed by atoms with E-state index in [0.29, 0.717) is 41.3 Å². The zero-order valence-electron chi connectivity index (χ0n) is 21.1. The summed E-state index contributed by atoms with van der Waals surface area (Å²) in [5, 5.41) is 4.00. The normalized spacial score (nSPS) is 14.4. The molecule has 0 bridgehead atoms. The SMILES string of the molecule is CCOc1ccc(NC(=S)N2CCc3cc(OC)c(OC)cc3[C@H]2COc2ccccc2OC)cc1. The Balaban J connectivity index is 1.62. The van der Waals surface area contributed by atoms with Crippen LogP contribution in [0.2, 0.25) is 0 Å². The van der Waals surface area contributed by atoms with Gasteiger partial charge in [-0.1, -0.05) is 12.1 Å². The first kappa shape index (κ1) is 25.4. The molecule has 1 aliphatic rings. The molecular formula is C28H32N2O5S. The molecule has 0 aromatic heterocycles. The third-order valence-electron chi connectivity index (χ3n) is 6.15. The van der Waals surface area contributed by atoms with Gasteiger partial charge in [-0.3, -0.25) is 0 Å². The maximum absolute atomic E-state index is 6.29. The molecule has 1 N–H and O–H groups in total. The van der Waals surface area contributed by atoms with Gasteiger partial charge in [0.1, 0.15) is 12.4 Å². The molecule has 0 fully saturated rings. The Kier molecular flexibility index (Phi) is 8.38. The minimum absolute atomic E-state index is 0.152. The molecule has 1 heterocycles. The van der Waals surface area contributed by atoms with Crippen molar-refractivity contribution in [1.29, 1.82) is 0 Å². The van der Waals surface area contributed by atoms with E-state index in [1.165, 1.54) is 5.56 Å². The maximum atomic E-state index is 6.29. The lowest BCUT2D eigenvalue weighted by Crippen LogP contribution is -2.44. The summed E-state index contributed by atoms with van der Waals surface area (Å²) in [6.07, 6.45) is 0.811. The largest absolute Gasteiger partial charge is 0.494 e. The molecule has 3 aromatic carbocycles. The van der Waals surface area contributed by atoms with Gasteiger partial charge in [0.2, 0.25) is 0 Å². The monoisotopic (exact) mass is 508 g/mol. The van der Waals surface area contributed by atoms with E-state index < -0.39 is 0 Å². The molecule has 7 nitrogen and oxygen atoms in total. The van der Waals surface area contributed by atoms with E-state index in [-0.39, 0.29) is 6.04 Å². The summed E-state index contributed by atoms with van der Waals surface area (Å²) >= 11 is 5.88. The molecule has 1 aliphatic heterocycles. The molecule has 0 unspecified atom stereocenters. The van der Waals surface area contributed by atoms with Gasteiger partial charge in [0, 0.05) is 12.2 Å². The number of thiocarbonyl (C=S) groups is 1. The number of hydrogen-bond acceptors (Lipinski definition) is 6. The fourth-order valence-corrected chi connectivity index (χ4v) is 4.69. The average Bonchev–Trinajstić information content (AvgIpc) is 2.92. The van der Waals surface area contributed by atoms with Crippen LogP contribution in [0.1, 0.15) is 24.1 Å². The van der Waals surface area contributed by atoms with Crippen molar-refractivity contribution in [3.8, 4) is 28.7 Å². The number of benzene rings is 3. The number of para-hydroxylation sites is 2. The summed E-state index contributed by atoms with van der Waals surface area (Å²) in [6, 6.07) is 19.3. The lowest BCUT2D eigenvalue weighted by atomic mass is 9.92. The highest BCUT2D eigenvalue weighted by atomic mass is 32.1. The van der Waals surface area contributed by atoms with Gasteiger partial charge in [-0.15, -0.1) is 0 Å². The highest BCUT2D eigenvalue weighted by Crippen LogP contribution is 2.39. The molecule has 0 aliphatic carbocycles. The second kappa shape index (κ2) is 11.9. The predicted molar refractivity (Wildman–Crippen MR) is 145 cm³/mol. The van der Waals surface area contributed by atoms with Crippen LogP contribution < -0.4 is 29.0 Å². The number of ether oxygens (including phenoxy) is 5. The smallest absolute Gasteiger partial charge is 0.174 e. The summed E-state index contributed by atoms with van der Waals surface area (Å²) in [5.41, 5.74) is 3.16. The van der Waals surface area contributed by atoms with Gasteiger partial charge < -0.3 is 33.9 Å². The standard InChI is InChI=1S/C28H32N2O5S/c1-5-34-21-12-10-20(11-13-21)29-28(36)30-15-14-19-16-26(32-3)27(33-4)17-22(19)23(30)18-35-25-9-7-6-8-24(25)31-2/h6-13,16-17,23H,5,14-15,18H2,1-4H3,(H,29,36)/t23-/m1/s1. The topological polar surface area (TPSA) is 61.4 Å². The molecule has 0 saturated heterocycles. The first-order valence-electron chi connectivity index (χ1n) is 11.9. The highest BCUT2D eigenvalue weighted by molar-refractivity contribution is 7.80. The van der Waals surface area contributed by atoms with Crippen molar-refractivity contribution in [2.75, 3.05) is 46.4 Å². The van der Waals surface area contributed by atoms with Crippen LogP contribution in [0.25, 0.3) is 0 Å². The molecule has 36 heavy (non-hydrogen) atoms. The van der Waals surface area contributed by atoms with Crippen molar-refractivity contribution in [3.05, 3.63) is 71.8 Å². The number of nitrogens with one attached hydrogen (secondary N) is 1. The van der Waals surface area contributed by atoms with E-state index in [0.717, 1.165) is 30.0 Å². The fraction of sp³-hybridized carbons (Fsp3) is 0.321. The maximum Gasteiger partial charge on any atom is 0.174 e. The Morgan fingerprint density at radius 2 is 1.56 bits per heavy atom. The molecule has 0 spiro atoms. The van der Waals surface area contributed by atoms with E-state index in [4.69, 9.17) is 35.9 Å². The molecule has 0 amide bonds. The van der Waals surface area contributed by atoms with Crippen LogP contribution in [-0.2, 0) is 6.42 Å². The molecule has 0 radical (unpaired) electrons. The summed E-state index contributed by atoms with van der Waals surface area (Å²) in [7, 11) is 4.93. The number of methoxy groups -OCH3 is 3. The Morgan fingerprint density at radius 3 is 2.22 bits per heavy atom. The third kappa shape index (κ3) is 5.60. The predicted octanol–water partition coefficient (Wildman–Crippen LogP) is 5.49. The fourth-order valence-electron chi connectivity index (χ4n) is 4.35. The zero-order valence-corrected chi connectivity index (χ0v) is 21.9. The average molecular weight is 509 g/mol. The Morgan fingerprint density at radius 1 is 0.889 bits per heavy atom. The Labute approximate surface area is 217 Å². The first-order valence-corrected chi connectivity index (χ1v) is 12.3. The van der Waals surface area contributed by atoms with Crippen LogP contribution >= 0.6 is 12.2 Å². The van der Waals surface area contributed by atoms with Crippen LogP contribution in [0.15, 0.2) is 60.7 Å². The van der Waals surface area contributed by atoms with Gasteiger partial charge in [-0.2, -0.15) is 0 Å². The van der Waals surface area contributed by atoms with E-state index in [2.05, 4.69) is 10.2 Å². The van der Waals surface area contributed by atoms with Crippen molar-refractivity contribution in [2.24, 2.45) is 0 Å². The van der Waals surface area contributed by atoms with Crippen LogP contribution in [0, 0.1) is 0 Å². The number of fused-ring (bicyclic) bond motifs is 1. The summed E-state index contributed by atoms with van der Waals surface area (Å²) in [6.45, 7) is 3.69. The van der Waals surface area contributed by atoms with Crippen LogP contribution in [0.3, 0.4) is 0 Å². The van der Waals surface area contributed by atoms with Crippen LogP contribution in [0.4, 0.5) is 5.69 Å². The minimum atomic E-state index is -0.152. The molecule has 8 heteroatoms. The summed E-state index contributed by atoms with van der Waals surface area (Å²) < 4.78 is 28.5. The minimum Gasteiger partial charge on any atom is -0.494 e. The number of nitrogens with zero attached hydrogens (tertiary/aromatic N) is 1. The van der Waals surface area contributed by atoms with Crippen molar-refractivity contribution in [1.82, 2.24) is 4.90 Å². The van der Waals surface area contributed by atoms with Crippen molar-refractivity contribution < 1.29 is 23.7 Å². The van der Waals surface area contributed by atoms with Crippen molar-refractivity contribution in [3.63, 3.8) is 0 Å². The first-order chi connectivity index (χ1) is 17.6. The summed E-state index contributed by atoms with van der Waals surface area (Å²) in [5.74, 6) is 3.57. The van der Waals surface area contributed by atoms with Gasteiger partial charge >= 0.3 is 0 Å². The van der Waals surface area contributed by atoms with Gasteiger partial charge in [0.15, 0.2) is 28.1 Å². The van der Waals surface area contributed by atoms with E-state index in [9.17, 15) is 0 Å². The number of anilines is 1. The Bertz CT molecular complexity index is 1190. The van der Waals surface area contributed by atoms with Gasteiger partial charge in [-0.25, -0.2) is 0 Å². The van der Waals surface area contributed by atoms with E-state index >= 15 is 0 Å². The third-order valence-corrected chi connectivity index (χ3v) is 6.48. The van der Waals surface area contributed by atoms with Crippen molar-refractivity contribution >= 4 is 23.0 Å². The molecule has 0 saturated carbocycles. The van der Waals surface area contributed by atoms with Crippen LogP contribution in [-0.4, -0.2) is 51.1 Å². The van der Waals surface area contributed by atoms with E-state index in [1.807, 2.05) is 67.6 Å². The molecule has 190 valence electrons. The summed E-state index contributed by atoms with van der Waals surface area (Å²) in [4.78, 5) is 2.16. The number of rotatable bonds is 9. The van der Waals surface area contributed by atoms with Crippen LogP contribution in [0.5, 0.6) is 28.7 Å². The molecule has 1 atom stereocenters. The Hall–Kier alpha value is -3.65. The van der Waals surface area contributed by atoms with Gasteiger partial charge in [-0.05, 0) is 85.2 Å². The molecule has 3 aromatic rings. The van der Waals surface area contributed by atoms with Crippen molar-refractivity contribution in [2.45, 2.75) is 19.4 Å². The second-order valence-corrected chi connectivity index (χ2v) is 8.60. The molecule has 4 rings (SSSR count). The van der Waals surface area contributed by atoms with E-state index in [1.54, 1.807) is 21.3 Å². The quantitative estimate of drug-likeness (QED) is 0.381. The van der Waals surface area contributed by atoms with Gasteiger partial charge in [0.25, 0.3) is 0 Å². The number of hydrogen-bond donors (Lipinski definition) is 1. The molecular weight excluding hydrogens is 476 g/mol. The second-order valence-electron chi connectivity index (χ2n) is 8.21. The highest BCUT2D eigenvalue weighted by Gasteiger charge is 2.31.